The Bertz CT molecular complexity index is 3290. The number of rotatable bonds is 6. The smallest absolute Gasteiger partial charge is 0.457 e. The number of nitrogens with zero attached hydrogens (tertiary/aromatic N) is 5. The van der Waals surface area contributed by atoms with E-state index in [1.807, 2.05) is 36.5 Å². The summed E-state index contributed by atoms with van der Waals surface area (Å²) < 4.78 is 13.4. The molecule has 0 saturated carbocycles. The van der Waals surface area contributed by atoms with Crippen molar-refractivity contribution >= 4 is 56.3 Å². The Kier molecular flexibility index (Phi) is 10.4. The average molecular weight is 854 g/mol. The highest BCUT2D eigenvalue weighted by Crippen LogP contribution is 2.46. The lowest BCUT2D eigenvalue weighted by Gasteiger charge is -2.24. The van der Waals surface area contributed by atoms with Gasteiger partial charge in [-0.05, 0) is 113 Å². The van der Waals surface area contributed by atoms with Gasteiger partial charge < -0.3 is 4.74 Å². The zero-order valence-electron chi connectivity index (χ0n) is 39.9. The molecule has 0 atom stereocenters. The predicted octanol–water partition coefficient (Wildman–Crippen LogP) is 16.2. The van der Waals surface area contributed by atoms with Crippen molar-refractivity contribution in [1.29, 1.82) is 0 Å². The summed E-state index contributed by atoms with van der Waals surface area (Å²) in [6, 6.07) is 50.8. The van der Waals surface area contributed by atoms with Crippen LogP contribution in [-0.4, -0.2) is 15.6 Å². The van der Waals surface area contributed by atoms with Crippen molar-refractivity contribution < 1.29 is 4.74 Å². The van der Waals surface area contributed by atoms with Crippen molar-refractivity contribution in [2.75, 3.05) is 0 Å². The SMILES string of the molecule is [C-]#[N+]c1cccc(-c2cccc3c2[N+](c2cc(C(C)(C)C)cc(C(C)(C)C)c2)=C=[N+]3c2cccc(Oc3ccc4c5cc(C(C)(C)C)ccc5n(-c5cc(C(C)(C)C)ccn5)c4c3)c2)c1. The van der Waals surface area contributed by atoms with E-state index in [-0.39, 0.29) is 21.7 Å². The molecule has 6 nitrogen and oxygen atoms in total. The van der Waals surface area contributed by atoms with Crippen molar-refractivity contribution in [2.45, 2.75) is 105 Å². The normalized spacial score (nSPS) is 13.2. The lowest BCUT2D eigenvalue weighted by molar-refractivity contribution is 0.483. The van der Waals surface area contributed by atoms with E-state index < -0.39 is 0 Å². The second-order valence-corrected chi connectivity index (χ2v) is 21.6. The van der Waals surface area contributed by atoms with Gasteiger partial charge in [-0.25, -0.2) is 9.83 Å². The van der Waals surface area contributed by atoms with Gasteiger partial charge in [0.1, 0.15) is 17.3 Å². The van der Waals surface area contributed by atoms with Crippen LogP contribution in [-0.2, 0) is 21.7 Å². The van der Waals surface area contributed by atoms with Gasteiger partial charge in [0.15, 0.2) is 5.69 Å². The van der Waals surface area contributed by atoms with Crippen LogP contribution >= 0.6 is 0 Å². The minimum absolute atomic E-state index is 0.000278. The summed E-state index contributed by atoms with van der Waals surface area (Å²) in [7, 11) is 0. The third kappa shape index (κ3) is 8.18. The minimum atomic E-state index is -0.0763. The lowest BCUT2D eigenvalue weighted by Crippen LogP contribution is -2.17. The molecule has 0 aliphatic carbocycles. The van der Waals surface area contributed by atoms with Crippen molar-refractivity contribution in [1.82, 2.24) is 18.7 Å². The Morgan fingerprint density at radius 1 is 0.538 bits per heavy atom. The average Bonchev–Trinajstić information content (AvgIpc) is 3.81. The van der Waals surface area contributed by atoms with Gasteiger partial charge in [-0.3, -0.25) is 4.57 Å². The molecule has 0 fully saturated rings. The first-order chi connectivity index (χ1) is 30.7. The monoisotopic (exact) mass is 853 g/mol. The maximum absolute atomic E-state index is 7.79. The van der Waals surface area contributed by atoms with Crippen LogP contribution in [0.4, 0.5) is 28.4 Å². The minimum Gasteiger partial charge on any atom is -0.457 e. The van der Waals surface area contributed by atoms with E-state index >= 15 is 0 Å². The summed E-state index contributed by atoms with van der Waals surface area (Å²) in [6.07, 6.45) is 1.92. The number of aromatic nitrogens is 2. The highest BCUT2D eigenvalue weighted by molar-refractivity contribution is 6.10. The molecule has 9 rings (SSSR count). The largest absolute Gasteiger partial charge is 0.503 e. The molecule has 0 radical (unpaired) electrons. The number of hydrogen-bond acceptors (Lipinski definition) is 2. The third-order valence-electron chi connectivity index (χ3n) is 12.6. The molecule has 324 valence electrons. The molecule has 0 spiro atoms. The number of para-hydroxylation sites is 1. The number of fused-ring (bicyclic) bond motifs is 4. The van der Waals surface area contributed by atoms with Crippen LogP contribution in [0.25, 0.3) is 43.6 Å². The van der Waals surface area contributed by atoms with Gasteiger partial charge in [0.25, 0.3) is 5.69 Å². The highest BCUT2D eigenvalue weighted by Gasteiger charge is 2.40. The topological polar surface area (TPSA) is 37.4 Å². The molecule has 2 aromatic heterocycles. The van der Waals surface area contributed by atoms with Crippen LogP contribution in [0.5, 0.6) is 11.5 Å². The first-order valence-electron chi connectivity index (χ1n) is 22.6. The maximum atomic E-state index is 7.79. The van der Waals surface area contributed by atoms with Crippen molar-refractivity contribution in [2.24, 2.45) is 0 Å². The molecule has 0 unspecified atom stereocenters. The maximum Gasteiger partial charge on any atom is 0.503 e. The summed E-state index contributed by atoms with van der Waals surface area (Å²) >= 11 is 0. The zero-order chi connectivity index (χ0) is 46.2. The van der Waals surface area contributed by atoms with Gasteiger partial charge in [-0.1, -0.05) is 126 Å². The second-order valence-electron chi connectivity index (χ2n) is 21.6. The molecule has 6 aromatic carbocycles. The summed E-state index contributed by atoms with van der Waals surface area (Å²) in [5.74, 6) is 2.32. The van der Waals surface area contributed by atoms with E-state index in [0.717, 1.165) is 61.9 Å². The van der Waals surface area contributed by atoms with Crippen molar-refractivity contribution in [3.63, 3.8) is 0 Å². The van der Waals surface area contributed by atoms with Gasteiger partial charge in [-0.2, -0.15) is 0 Å². The Morgan fingerprint density at radius 2 is 1.20 bits per heavy atom. The molecule has 3 heterocycles. The van der Waals surface area contributed by atoms with E-state index in [1.54, 1.807) is 0 Å². The highest BCUT2D eigenvalue weighted by atomic mass is 16.5. The molecule has 6 heteroatoms. The van der Waals surface area contributed by atoms with Gasteiger partial charge in [-0.15, -0.1) is 0 Å². The molecule has 0 bridgehead atoms. The Hall–Kier alpha value is -7.06. The molecule has 0 N–H and O–H groups in total. The fourth-order valence-electron chi connectivity index (χ4n) is 8.72. The van der Waals surface area contributed by atoms with Crippen LogP contribution in [0, 0.1) is 6.57 Å². The number of ether oxygens (including phenoxy) is 1. The number of benzene rings is 6. The van der Waals surface area contributed by atoms with Crippen LogP contribution in [0.2, 0.25) is 0 Å². The Balaban J connectivity index is 1.20. The first kappa shape index (κ1) is 43.2. The fourth-order valence-corrected chi connectivity index (χ4v) is 8.72. The van der Waals surface area contributed by atoms with Crippen molar-refractivity contribution in [3.05, 3.63) is 173 Å². The third-order valence-corrected chi connectivity index (χ3v) is 12.6. The Morgan fingerprint density at radius 3 is 1.89 bits per heavy atom. The molecule has 0 amide bonds. The molecular formula is C59H59N5O+2. The molecule has 65 heavy (non-hydrogen) atoms. The zero-order valence-corrected chi connectivity index (χ0v) is 39.9. The van der Waals surface area contributed by atoms with Gasteiger partial charge >= 0.3 is 11.7 Å². The summed E-state index contributed by atoms with van der Waals surface area (Å²) in [5.41, 5.74) is 13.5. The fraction of sp³-hybridized carbons (Fsp3) is 0.271. The van der Waals surface area contributed by atoms with E-state index in [2.05, 4.69) is 211 Å². The Labute approximate surface area is 384 Å². The summed E-state index contributed by atoms with van der Waals surface area (Å²) in [4.78, 5) is 8.72. The predicted molar refractivity (Wildman–Crippen MR) is 272 cm³/mol. The standard InChI is InChI=1S/C59H59N5O/c1-56(2,3)39-23-26-51-50(33-39)49-25-24-47(36-53(49)64(51)54-34-40(27-28-61-54)57(4,5)6)65-46-20-15-19-44(35-46)62-37-63(45-31-41(58(7,8)9)30-42(32-45)59(10,11)12)55-48(21-16-22-52(55)62)38-17-14-18-43(29-38)60-13/h14-36H,1-12H3/q+2. The van der Waals surface area contributed by atoms with Crippen LogP contribution in [0.15, 0.2) is 140 Å². The van der Waals surface area contributed by atoms with Crippen LogP contribution < -0.4 is 13.9 Å². The van der Waals surface area contributed by atoms with Crippen LogP contribution in [0.1, 0.15) is 105 Å². The van der Waals surface area contributed by atoms with E-state index in [9.17, 15) is 0 Å². The summed E-state index contributed by atoms with van der Waals surface area (Å²) in [5, 5.41) is 2.34. The molecular weight excluding hydrogens is 795 g/mol. The number of hydrogen-bond donors (Lipinski definition) is 0. The van der Waals surface area contributed by atoms with E-state index in [0.29, 0.717) is 11.4 Å². The molecule has 1 aliphatic rings. The van der Waals surface area contributed by atoms with E-state index in [4.69, 9.17) is 16.3 Å². The lowest BCUT2D eigenvalue weighted by atomic mass is 9.80. The summed E-state index contributed by atoms with van der Waals surface area (Å²) in [6.45, 7) is 34.9. The van der Waals surface area contributed by atoms with Gasteiger partial charge in [0.05, 0.1) is 29.2 Å². The second kappa shape index (κ2) is 15.6. The van der Waals surface area contributed by atoms with Crippen LogP contribution in [0.3, 0.4) is 0 Å². The quantitative estimate of drug-likeness (QED) is 0.123. The van der Waals surface area contributed by atoms with Gasteiger partial charge in [0, 0.05) is 47.3 Å². The number of pyridine rings is 1. The van der Waals surface area contributed by atoms with Gasteiger partial charge in [0.2, 0.25) is 11.4 Å². The molecule has 8 aromatic rings. The van der Waals surface area contributed by atoms with E-state index in [1.165, 1.54) is 27.6 Å². The first-order valence-corrected chi connectivity index (χ1v) is 22.6. The molecule has 1 aliphatic heterocycles. The van der Waals surface area contributed by atoms with Crippen molar-refractivity contribution in [3.8, 4) is 28.4 Å². The molecule has 0 saturated heterocycles.